The van der Waals surface area contributed by atoms with E-state index in [-0.39, 0.29) is 29.7 Å². The number of thiophene rings is 1. The van der Waals surface area contributed by atoms with Crippen molar-refractivity contribution in [2.75, 3.05) is 0 Å². The topological polar surface area (TPSA) is 104 Å². The van der Waals surface area contributed by atoms with Crippen molar-refractivity contribution in [3.05, 3.63) is 21.4 Å². The molecule has 2 aliphatic heterocycles. The predicted molar refractivity (Wildman–Crippen MR) is 67.3 cm³/mol. The lowest BCUT2D eigenvalue weighted by molar-refractivity contribution is -0.136. The Bertz CT molecular complexity index is 650. The Kier molecular flexibility index (Phi) is 2.82. The molecule has 1 unspecified atom stereocenters. The lowest BCUT2D eigenvalue weighted by Crippen LogP contribution is -2.52. The second-order valence-corrected chi connectivity index (χ2v) is 5.72. The number of carbonyl (C=O) groups is 4. The summed E-state index contributed by atoms with van der Waals surface area (Å²) in [6.07, 6.45) is 0.505. The maximum Gasteiger partial charge on any atom is 0.345 e. The van der Waals surface area contributed by atoms with Crippen LogP contribution in [0, 0.1) is 0 Å². The number of hydrogen-bond donors (Lipinski definition) is 2. The van der Waals surface area contributed by atoms with Gasteiger partial charge in [0.25, 0.3) is 5.91 Å². The van der Waals surface area contributed by atoms with E-state index in [1.54, 1.807) is 0 Å². The van der Waals surface area contributed by atoms with E-state index in [9.17, 15) is 19.2 Å². The van der Waals surface area contributed by atoms with Gasteiger partial charge in [-0.05, 0) is 18.1 Å². The molecule has 3 heterocycles. The third-order valence-electron chi connectivity index (χ3n) is 3.40. The second kappa shape index (κ2) is 4.41. The molecule has 0 saturated carbocycles. The van der Waals surface area contributed by atoms with Gasteiger partial charge in [0.2, 0.25) is 11.8 Å². The summed E-state index contributed by atoms with van der Waals surface area (Å²) >= 11 is 0.918. The highest BCUT2D eigenvalue weighted by molar-refractivity contribution is 7.16. The number of carboxylic acids is 1. The van der Waals surface area contributed by atoms with Gasteiger partial charge in [0.15, 0.2) is 0 Å². The summed E-state index contributed by atoms with van der Waals surface area (Å²) in [7, 11) is 0. The van der Waals surface area contributed by atoms with Gasteiger partial charge in [-0.3, -0.25) is 19.7 Å². The Labute approximate surface area is 117 Å². The number of carboxylic acid groups (broad SMARTS) is 1. The number of fused-ring (bicyclic) bond motifs is 1. The third-order valence-corrected chi connectivity index (χ3v) is 4.56. The smallest absolute Gasteiger partial charge is 0.345 e. The minimum Gasteiger partial charge on any atom is -0.477 e. The average Bonchev–Trinajstić information content (AvgIpc) is 2.90. The van der Waals surface area contributed by atoms with Gasteiger partial charge in [-0.2, -0.15) is 0 Å². The molecule has 0 bridgehead atoms. The first-order valence-electron chi connectivity index (χ1n) is 5.98. The quantitative estimate of drug-likeness (QED) is 0.759. The van der Waals surface area contributed by atoms with Crippen LogP contribution in [-0.2, 0) is 16.1 Å². The molecular formula is C12H10N2O5S. The first-order chi connectivity index (χ1) is 9.47. The largest absolute Gasteiger partial charge is 0.477 e. The number of rotatable bonds is 2. The van der Waals surface area contributed by atoms with Crippen LogP contribution in [-0.4, -0.2) is 39.7 Å². The van der Waals surface area contributed by atoms with Crippen LogP contribution in [0.3, 0.4) is 0 Å². The monoisotopic (exact) mass is 294 g/mol. The Hall–Kier alpha value is -2.22. The summed E-state index contributed by atoms with van der Waals surface area (Å²) in [4.78, 5) is 47.9. The zero-order valence-corrected chi connectivity index (χ0v) is 11.0. The van der Waals surface area contributed by atoms with Crippen molar-refractivity contribution in [1.82, 2.24) is 10.2 Å². The molecule has 0 aromatic carbocycles. The first kappa shape index (κ1) is 12.8. The van der Waals surface area contributed by atoms with E-state index in [1.165, 1.54) is 11.0 Å². The molecule has 3 rings (SSSR count). The molecule has 0 aliphatic carbocycles. The molecular weight excluding hydrogens is 284 g/mol. The summed E-state index contributed by atoms with van der Waals surface area (Å²) < 4.78 is 0. The van der Waals surface area contributed by atoms with Crippen LogP contribution in [0.5, 0.6) is 0 Å². The van der Waals surface area contributed by atoms with E-state index >= 15 is 0 Å². The number of imide groups is 1. The molecule has 1 fully saturated rings. The number of hydrogen-bond acceptors (Lipinski definition) is 5. The maximum absolute atomic E-state index is 12.2. The van der Waals surface area contributed by atoms with Crippen molar-refractivity contribution >= 4 is 35.0 Å². The van der Waals surface area contributed by atoms with Crippen LogP contribution < -0.4 is 5.32 Å². The normalized spacial score (nSPS) is 21.9. The van der Waals surface area contributed by atoms with Crippen molar-refractivity contribution in [2.45, 2.75) is 25.4 Å². The van der Waals surface area contributed by atoms with Gasteiger partial charge in [-0.15, -0.1) is 11.3 Å². The van der Waals surface area contributed by atoms with Crippen LogP contribution in [0.15, 0.2) is 6.07 Å². The van der Waals surface area contributed by atoms with Crippen LogP contribution in [0.25, 0.3) is 0 Å². The summed E-state index contributed by atoms with van der Waals surface area (Å²) in [5.41, 5.74) is 0.627. The van der Waals surface area contributed by atoms with Gasteiger partial charge in [0, 0.05) is 13.0 Å². The van der Waals surface area contributed by atoms with Gasteiger partial charge in [-0.1, -0.05) is 0 Å². The molecule has 0 spiro atoms. The van der Waals surface area contributed by atoms with E-state index < -0.39 is 17.9 Å². The van der Waals surface area contributed by atoms with E-state index in [1.807, 2.05) is 0 Å². The number of aromatic carboxylic acids is 1. The average molecular weight is 294 g/mol. The van der Waals surface area contributed by atoms with Gasteiger partial charge in [0.1, 0.15) is 10.9 Å². The van der Waals surface area contributed by atoms with E-state index in [2.05, 4.69) is 5.32 Å². The molecule has 3 amide bonds. The highest BCUT2D eigenvalue weighted by Gasteiger charge is 2.40. The molecule has 8 heteroatoms. The number of carbonyl (C=O) groups excluding carboxylic acids is 3. The Morgan fingerprint density at radius 1 is 1.40 bits per heavy atom. The number of amides is 3. The molecule has 2 aliphatic rings. The second-order valence-electron chi connectivity index (χ2n) is 4.67. The fourth-order valence-corrected chi connectivity index (χ4v) is 3.42. The van der Waals surface area contributed by atoms with E-state index in [0.717, 1.165) is 11.3 Å². The third kappa shape index (κ3) is 1.88. The highest BCUT2D eigenvalue weighted by Crippen LogP contribution is 2.33. The zero-order valence-electron chi connectivity index (χ0n) is 10.2. The van der Waals surface area contributed by atoms with Crippen LogP contribution >= 0.6 is 11.3 Å². The summed E-state index contributed by atoms with van der Waals surface area (Å²) in [6.45, 7) is 0.213. The highest BCUT2D eigenvalue weighted by atomic mass is 32.1. The lowest BCUT2D eigenvalue weighted by Gasteiger charge is -2.29. The number of piperidine rings is 1. The van der Waals surface area contributed by atoms with Gasteiger partial charge >= 0.3 is 5.97 Å². The molecule has 1 aromatic heterocycles. The van der Waals surface area contributed by atoms with Crippen molar-refractivity contribution in [2.24, 2.45) is 0 Å². The fraction of sp³-hybridized carbons (Fsp3) is 0.333. The Balaban J connectivity index is 1.83. The number of nitrogens with one attached hydrogen (secondary N) is 1. The van der Waals surface area contributed by atoms with E-state index in [0.29, 0.717) is 16.9 Å². The molecule has 1 aromatic rings. The minimum atomic E-state index is -1.07. The number of nitrogens with zero attached hydrogens (tertiary/aromatic N) is 1. The fourth-order valence-electron chi connectivity index (χ4n) is 2.45. The molecule has 1 saturated heterocycles. The molecule has 7 nitrogen and oxygen atoms in total. The predicted octanol–water partition coefficient (Wildman–Crippen LogP) is 0.207. The van der Waals surface area contributed by atoms with Crippen molar-refractivity contribution < 1.29 is 24.3 Å². The lowest BCUT2D eigenvalue weighted by atomic mass is 10.0. The Morgan fingerprint density at radius 2 is 2.15 bits per heavy atom. The van der Waals surface area contributed by atoms with Gasteiger partial charge < -0.3 is 10.0 Å². The molecule has 104 valence electrons. The van der Waals surface area contributed by atoms with Crippen molar-refractivity contribution in [3.63, 3.8) is 0 Å². The molecule has 2 N–H and O–H groups in total. The van der Waals surface area contributed by atoms with Crippen LogP contribution in [0.2, 0.25) is 0 Å². The summed E-state index contributed by atoms with van der Waals surface area (Å²) in [6, 6.07) is 0.805. The van der Waals surface area contributed by atoms with E-state index in [4.69, 9.17) is 5.11 Å². The SMILES string of the molecule is O=C1CCC(N2Cc3cc(C(=O)O)sc3C2=O)C(=O)N1. The summed E-state index contributed by atoms with van der Waals surface area (Å²) in [5.74, 6) is -2.21. The van der Waals surface area contributed by atoms with Crippen LogP contribution in [0.4, 0.5) is 0 Å². The molecule has 1 atom stereocenters. The first-order valence-corrected chi connectivity index (χ1v) is 6.79. The van der Waals surface area contributed by atoms with Crippen molar-refractivity contribution in [3.8, 4) is 0 Å². The van der Waals surface area contributed by atoms with Gasteiger partial charge in [-0.25, -0.2) is 4.79 Å². The van der Waals surface area contributed by atoms with Crippen molar-refractivity contribution in [1.29, 1.82) is 0 Å². The minimum absolute atomic E-state index is 0.117. The Morgan fingerprint density at radius 3 is 2.75 bits per heavy atom. The zero-order chi connectivity index (χ0) is 14.4. The summed E-state index contributed by atoms with van der Waals surface area (Å²) in [5, 5.41) is 11.1. The maximum atomic E-state index is 12.2. The standard InChI is InChI=1S/C12H10N2O5S/c15-8-2-1-6(10(16)13-8)14-4-5-3-7(12(18)19)20-9(5)11(14)17/h3,6H,1-2,4H2,(H,18,19)(H,13,15,16). The van der Waals surface area contributed by atoms with Gasteiger partial charge in [0.05, 0.1) is 4.88 Å². The van der Waals surface area contributed by atoms with Crippen LogP contribution in [0.1, 0.15) is 37.7 Å². The molecule has 20 heavy (non-hydrogen) atoms. The molecule has 0 radical (unpaired) electrons.